The summed E-state index contributed by atoms with van der Waals surface area (Å²) in [4.78, 5) is 12.0. The Labute approximate surface area is 127 Å². The van der Waals surface area contributed by atoms with Crippen LogP contribution in [0.25, 0.3) is 0 Å². The van der Waals surface area contributed by atoms with E-state index < -0.39 is 5.97 Å². The van der Waals surface area contributed by atoms with E-state index in [1.54, 1.807) is 0 Å². The molecule has 0 spiro atoms. The number of methoxy groups -OCH3 is 2. The van der Waals surface area contributed by atoms with Crippen LogP contribution in [0.5, 0.6) is 5.75 Å². The summed E-state index contributed by atoms with van der Waals surface area (Å²) in [5, 5.41) is 3.96. The van der Waals surface area contributed by atoms with Crippen LogP contribution in [-0.4, -0.2) is 20.2 Å². The fourth-order valence-electron chi connectivity index (χ4n) is 1.88. The molecule has 3 N–H and O–H groups in total. The molecule has 0 saturated carbocycles. The van der Waals surface area contributed by atoms with E-state index in [9.17, 15) is 4.79 Å². The summed E-state index contributed by atoms with van der Waals surface area (Å²) >= 11 is 1.23. The van der Waals surface area contributed by atoms with E-state index in [1.807, 2.05) is 19.1 Å². The van der Waals surface area contributed by atoms with Gasteiger partial charge < -0.3 is 20.5 Å². The van der Waals surface area contributed by atoms with E-state index in [1.165, 1.54) is 31.1 Å². The molecular formula is C15H18N2O3S. The van der Waals surface area contributed by atoms with Crippen molar-refractivity contribution in [2.75, 3.05) is 25.3 Å². The Morgan fingerprint density at radius 3 is 2.52 bits per heavy atom. The number of ether oxygens (including phenoxy) is 2. The molecule has 5 nitrogen and oxygen atoms in total. The highest BCUT2D eigenvalue weighted by molar-refractivity contribution is 7.19. The molecule has 0 unspecified atom stereocenters. The van der Waals surface area contributed by atoms with Crippen molar-refractivity contribution in [1.29, 1.82) is 0 Å². The second-order valence-electron chi connectivity index (χ2n) is 4.54. The van der Waals surface area contributed by atoms with Crippen molar-refractivity contribution in [2.24, 2.45) is 0 Å². The molecule has 0 aliphatic carbocycles. The Morgan fingerprint density at radius 2 is 1.95 bits per heavy atom. The highest BCUT2D eigenvalue weighted by Crippen LogP contribution is 2.42. The second-order valence-corrected chi connectivity index (χ2v) is 5.56. The van der Waals surface area contributed by atoms with Gasteiger partial charge >= 0.3 is 5.97 Å². The van der Waals surface area contributed by atoms with Crippen molar-refractivity contribution in [2.45, 2.75) is 13.5 Å². The first kappa shape index (κ1) is 15.2. The van der Waals surface area contributed by atoms with Gasteiger partial charge in [-0.1, -0.05) is 29.8 Å². The number of nitrogens with two attached hydrogens (primary N) is 1. The smallest absolute Gasteiger partial charge is 0.350 e. The Hall–Kier alpha value is -2.21. The van der Waals surface area contributed by atoms with Crippen molar-refractivity contribution in [3.63, 3.8) is 0 Å². The quantitative estimate of drug-likeness (QED) is 0.831. The molecule has 0 bridgehead atoms. The van der Waals surface area contributed by atoms with E-state index in [0.717, 1.165) is 10.6 Å². The number of hydrogen-bond donors (Lipinski definition) is 2. The lowest BCUT2D eigenvalue weighted by Crippen LogP contribution is -2.02. The molecule has 1 heterocycles. The van der Waals surface area contributed by atoms with Gasteiger partial charge in [0.05, 0.1) is 14.2 Å². The van der Waals surface area contributed by atoms with Gasteiger partial charge in [0, 0.05) is 6.54 Å². The summed E-state index contributed by atoms with van der Waals surface area (Å²) in [6.07, 6.45) is 0. The van der Waals surface area contributed by atoms with Crippen LogP contribution in [-0.2, 0) is 11.3 Å². The molecule has 0 aliphatic heterocycles. The maximum absolute atomic E-state index is 11.7. The van der Waals surface area contributed by atoms with Gasteiger partial charge in [-0.05, 0) is 12.5 Å². The minimum Gasteiger partial charge on any atom is -0.492 e. The summed E-state index contributed by atoms with van der Waals surface area (Å²) in [5.41, 5.74) is 8.58. The van der Waals surface area contributed by atoms with Crippen LogP contribution >= 0.6 is 11.3 Å². The number of aryl methyl sites for hydroxylation is 1. The number of hydrogen-bond acceptors (Lipinski definition) is 6. The summed E-state index contributed by atoms with van der Waals surface area (Å²) in [6, 6.07) is 8.20. The van der Waals surface area contributed by atoms with Crippen molar-refractivity contribution in [3.05, 3.63) is 40.3 Å². The zero-order chi connectivity index (χ0) is 15.4. The van der Waals surface area contributed by atoms with Crippen LogP contribution in [0.15, 0.2) is 24.3 Å². The lowest BCUT2D eigenvalue weighted by Gasteiger charge is -2.07. The highest BCUT2D eigenvalue weighted by atomic mass is 32.1. The maximum atomic E-state index is 11.7. The zero-order valence-electron chi connectivity index (χ0n) is 12.2. The van der Waals surface area contributed by atoms with Gasteiger partial charge in [0.25, 0.3) is 0 Å². The van der Waals surface area contributed by atoms with Crippen LogP contribution in [0, 0.1) is 6.92 Å². The first-order chi connectivity index (χ1) is 10.1. The number of carbonyl (C=O) groups excluding carboxylic acids is 1. The third-order valence-electron chi connectivity index (χ3n) is 3.05. The second kappa shape index (κ2) is 6.49. The molecule has 0 aliphatic rings. The number of carbonyl (C=O) groups is 1. The number of rotatable bonds is 5. The van der Waals surface area contributed by atoms with Crippen molar-refractivity contribution >= 4 is 28.0 Å². The van der Waals surface area contributed by atoms with Crippen molar-refractivity contribution in [3.8, 4) is 5.75 Å². The van der Waals surface area contributed by atoms with Gasteiger partial charge in [0.15, 0.2) is 5.75 Å². The van der Waals surface area contributed by atoms with Crippen LogP contribution in [0.1, 0.15) is 20.8 Å². The standard InChI is InChI=1S/C15H18N2O3S/c1-9-4-6-10(7-5-9)8-17-14-12(19-2)11(16)13(21-14)15(18)20-3/h4-7,17H,8,16H2,1-3H3. The van der Waals surface area contributed by atoms with Gasteiger partial charge in [0.1, 0.15) is 15.6 Å². The SMILES string of the molecule is COC(=O)c1sc(NCc2ccc(C)cc2)c(OC)c1N. The summed E-state index contributed by atoms with van der Waals surface area (Å²) in [6.45, 7) is 2.67. The fourth-order valence-corrected chi connectivity index (χ4v) is 2.88. The first-order valence-electron chi connectivity index (χ1n) is 6.40. The number of nitrogens with one attached hydrogen (secondary N) is 1. The van der Waals surface area contributed by atoms with E-state index in [4.69, 9.17) is 15.2 Å². The van der Waals surface area contributed by atoms with E-state index in [0.29, 0.717) is 22.9 Å². The van der Waals surface area contributed by atoms with Crippen LogP contribution in [0.2, 0.25) is 0 Å². The summed E-state index contributed by atoms with van der Waals surface area (Å²) in [5.74, 6) is 0.0201. The molecule has 2 rings (SSSR count). The van der Waals surface area contributed by atoms with Crippen LogP contribution in [0.3, 0.4) is 0 Å². The Balaban J connectivity index is 2.19. The molecule has 0 atom stereocenters. The average molecular weight is 306 g/mol. The lowest BCUT2D eigenvalue weighted by atomic mass is 10.1. The molecule has 2 aromatic rings. The number of nitrogen functional groups attached to an aromatic ring is 1. The monoisotopic (exact) mass is 306 g/mol. The normalized spacial score (nSPS) is 10.2. The Morgan fingerprint density at radius 1 is 1.29 bits per heavy atom. The zero-order valence-corrected chi connectivity index (χ0v) is 13.0. The van der Waals surface area contributed by atoms with Crippen molar-refractivity contribution in [1.82, 2.24) is 0 Å². The predicted molar refractivity (Wildman–Crippen MR) is 85.1 cm³/mol. The topological polar surface area (TPSA) is 73.6 Å². The average Bonchev–Trinajstić information content (AvgIpc) is 2.82. The molecule has 0 fully saturated rings. The van der Waals surface area contributed by atoms with Gasteiger partial charge in [-0.25, -0.2) is 4.79 Å². The molecule has 0 amide bonds. The number of esters is 1. The number of anilines is 2. The Bertz CT molecular complexity index is 635. The minimum atomic E-state index is -0.459. The lowest BCUT2D eigenvalue weighted by molar-refractivity contribution is 0.0607. The third-order valence-corrected chi connectivity index (χ3v) is 4.17. The molecule has 6 heteroatoms. The fraction of sp³-hybridized carbons (Fsp3) is 0.267. The first-order valence-corrected chi connectivity index (χ1v) is 7.22. The molecule has 21 heavy (non-hydrogen) atoms. The van der Waals surface area contributed by atoms with Gasteiger partial charge in [-0.15, -0.1) is 11.3 Å². The van der Waals surface area contributed by atoms with Gasteiger partial charge in [-0.2, -0.15) is 0 Å². The Kier molecular flexibility index (Phi) is 4.70. The molecule has 1 aromatic carbocycles. The number of benzene rings is 1. The molecule has 0 radical (unpaired) electrons. The highest BCUT2D eigenvalue weighted by Gasteiger charge is 2.22. The van der Waals surface area contributed by atoms with Gasteiger partial charge in [-0.3, -0.25) is 0 Å². The largest absolute Gasteiger partial charge is 0.492 e. The maximum Gasteiger partial charge on any atom is 0.350 e. The van der Waals surface area contributed by atoms with Crippen molar-refractivity contribution < 1.29 is 14.3 Å². The number of thiophene rings is 1. The van der Waals surface area contributed by atoms with E-state index in [-0.39, 0.29) is 0 Å². The molecule has 0 saturated heterocycles. The van der Waals surface area contributed by atoms with Crippen LogP contribution in [0.4, 0.5) is 10.7 Å². The summed E-state index contributed by atoms with van der Waals surface area (Å²) < 4.78 is 9.99. The van der Waals surface area contributed by atoms with E-state index >= 15 is 0 Å². The molecule has 1 aromatic heterocycles. The predicted octanol–water partition coefficient (Wildman–Crippen LogP) is 3.05. The van der Waals surface area contributed by atoms with Gasteiger partial charge in [0.2, 0.25) is 0 Å². The molecular weight excluding hydrogens is 288 g/mol. The third kappa shape index (κ3) is 3.28. The van der Waals surface area contributed by atoms with Crippen LogP contribution < -0.4 is 15.8 Å². The summed E-state index contributed by atoms with van der Waals surface area (Å²) in [7, 11) is 2.85. The van der Waals surface area contributed by atoms with E-state index in [2.05, 4.69) is 17.4 Å². The minimum absolute atomic E-state index is 0.306. The molecule has 112 valence electrons.